The molecule has 1 aliphatic heterocycles. The van der Waals surface area contributed by atoms with Gasteiger partial charge in [0.25, 0.3) is 0 Å². The predicted molar refractivity (Wildman–Crippen MR) is 61.8 cm³/mol. The third-order valence-electron chi connectivity index (χ3n) is 2.90. The van der Waals surface area contributed by atoms with Gasteiger partial charge < -0.3 is 5.73 Å². The summed E-state index contributed by atoms with van der Waals surface area (Å²) < 4.78 is 10.9. The van der Waals surface area contributed by atoms with Crippen molar-refractivity contribution in [1.82, 2.24) is 4.90 Å². The van der Waals surface area contributed by atoms with Crippen molar-refractivity contribution in [3.63, 3.8) is 0 Å². The molecule has 2 unspecified atom stereocenters. The number of hydrogen-bond donors (Lipinski definition) is 1. The third-order valence-corrected chi connectivity index (χ3v) is 3.76. The fourth-order valence-electron chi connectivity index (χ4n) is 2.09. The van der Waals surface area contributed by atoms with Gasteiger partial charge in [-0.3, -0.25) is 9.11 Å². The van der Waals surface area contributed by atoms with Crippen molar-refractivity contribution in [2.75, 3.05) is 31.6 Å². The molecule has 0 radical (unpaired) electrons. The first kappa shape index (κ1) is 12.1. The molecule has 14 heavy (non-hydrogen) atoms. The highest BCUT2D eigenvalue weighted by Gasteiger charge is 2.19. The maximum atomic E-state index is 10.9. The zero-order valence-electron chi connectivity index (χ0n) is 9.08. The average Bonchev–Trinajstić information content (AvgIpc) is 2.18. The van der Waals surface area contributed by atoms with E-state index >= 15 is 0 Å². The van der Waals surface area contributed by atoms with Gasteiger partial charge in [0.2, 0.25) is 0 Å². The van der Waals surface area contributed by atoms with E-state index in [4.69, 9.17) is 5.73 Å². The minimum atomic E-state index is -0.641. The van der Waals surface area contributed by atoms with E-state index in [1.165, 1.54) is 25.8 Å². The van der Waals surface area contributed by atoms with E-state index in [0.29, 0.717) is 6.04 Å². The van der Waals surface area contributed by atoms with Crippen LogP contribution < -0.4 is 5.73 Å². The molecular weight excluding hydrogens is 196 g/mol. The van der Waals surface area contributed by atoms with Crippen LogP contribution in [0.4, 0.5) is 0 Å². The Morgan fingerprint density at radius 2 is 2.29 bits per heavy atom. The van der Waals surface area contributed by atoms with Gasteiger partial charge in [-0.2, -0.15) is 0 Å². The van der Waals surface area contributed by atoms with Gasteiger partial charge in [-0.05, 0) is 32.4 Å². The second-order valence-corrected chi connectivity index (χ2v) is 5.61. The molecule has 0 spiro atoms. The lowest BCUT2D eigenvalue weighted by atomic mass is 10.0. The molecule has 2 atom stereocenters. The number of nitrogens with two attached hydrogens (primary N) is 1. The van der Waals surface area contributed by atoms with Gasteiger partial charge in [-0.25, -0.2) is 0 Å². The Bertz CT molecular complexity index is 187. The third kappa shape index (κ3) is 4.07. The van der Waals surface area contributed by atoms with Crippen LogP contribution in [0.15, 0.2) is 0 Å². The molecule has 84 valence electrons. The summed E-state index contributed by atoms with van der Waals surface area (Å²) in [6.45, 7) is 3.02. The summed E-state index contributed by atoms with van der Waals surface area (Å²) in [6.07, 6.45) is 6.67. The van der Waals surface area contributed by atoms with E-state index in [9.17, 15) is 4.21 Å². The molecule has 0 aromatic rings. The SMILES string of the molecule is CS(=O)CCCN1CCCCC1CN. The van der Waals surface area contributed by atoms with Crippen molar-refractivity contribution in [2.45, 2.75) is 31.7 Å². The fraction of sp³-hybridized carbons (Fsp3) is 1.00. The minimum Gasteiger partial charge on any atom is -0.329 e. The summed E-state index contributed by atoms with van der Waals surface area (Å²) in [4.78, 5) is 2.47. The Morgan fingerprint density at radius 1 is 1.50 bits per heavy atom. The first-order chi connectivity index (χ1) is 6.74. The van der Waals surface area contributed by atoms with E-state index in [-0.39, 0.29) is 0 Å². The second kappa shape index (κ2) is 6.53. The van der Waals surface area contributed by atoms with Gasteiger partial charge in [0.05, 0.1) is 0 Å². The number of rotatable bonds is 5. The number of hydrogen-bond acceptors (Lipinski definition) is 3. The quantitative estimate of drug-likeness (QED) is 0.734. The molecule has 1 rings (SSSR count). The summed E-state index contributed by atoms with van der Waals surface area (Å²) in [5.74, 6) is 0.827. The molecule has 0 bridgehead atoms. The monoisotopic (exact) mass is 218 g/mol. The standard InChI is InChI=1S/C10H22N2OS/c1-14(13)8-4-7-12-6-3-2-5-10(12)9-11/h10H,2-9,11H2,1H3. The van der Waals surface area contributed by atoms with Crippen molar-refractivity contribution in [2.24, 2.45) is 5.73 Å². The first-order valence-corrected chi connectivity index (χ1v) is 7.21. The van der Waals surface area contributed by atoms with Crippen molar-refractivity contribution in [3.8, 4) is 0 Å². The zero-order valence-corrected chi connectivity index (χ0v) is 9.89. The van der Waals surface area contributed by atoms with Crippen molar-refractivity contribution in [1.29, 1.82) is 0 Å². The lowest BCUT2D eigenvalue weighted by Crippen LogP contribution is -2.44. The molecule has 0 aromatic carbocycles. The topological polar surface area (TPSA) is 46.3 Å². The van der Waals surface area contributed by atoms with Crippen LogP contribution in [0.3, 0.4) is 0 Å². The van der Waals surface area contributed by atoms with E-state index in [0.717, 1.165) is 25.3 Å². The van der Waals surface area contributed by atoms with Crippen LogP contribution in [0.2, 0.25) is 0 Å². The molecule has 0 amide bonds. The summed E-state index contributed by atoms with van der Waals surface area (Å²) in [6, 6.07) is 0.578. The number of nitrogens with zero attached hydrogens (tertiary/aromatic N) is 1. The van der Waals surface area contributed by atoms with E-state index < -0.39 is 10.8 Å². The van der Waals surface area contributed by atoms with Gasteiger partial charge >= 0.3 is 0 Å². The Balaban J connectivity index is 2.22. The van der Waals surface area contributed by atoms with E-state index in [1.807, 2.05) is 0 Å². The van der Waals surface area contributed by atoms with Crippen LogP contribution in [0, 0.1) is 0 Å². The lowest BCUT2D eigenvalue weighted by Gasteiger charge is -2.34. The van der Waals surface area contributed by atoms with Crippen LogP contribution in [-0.4, -0.2) is 46.8 Å². The van der Waals surface area contributed by atoms with Gasteiger partial charge in [-0.15, -0.1) is 0 Å². The number of likely N-dealkylation sites (tertiary alicyclic amines) is 1. The van der Waals surface area contributed by atoms with Crippen molar-refractivity contribution in [3.05, 3.63) is 0 Å². The second-order valence-electron chi connectivity index (χ2n) is 4.05. The van der Waals surface area contributed by atoms with Crippen LogP contribution in [0.1, 0.15) is 25.7 Å². The highest BCUT2D eigenvalue weighted by Crippen LogP contribution is 2.15. The average molecular weight is 218 g/mol. The molecule has 1 aliphatic rings. The predicted octanol–water partition coefficient (Wildman–Crippen LogP) is 0.568. The van der Waals surface area contributed by atoms with Crippen LogP contribution >= 0.6 is 0 Å². The number of piperidine rings is 1. The maximum Gasteiger partial charge on any atom is 0.0244 e. The normalized spacial score (nSPS) is 26.3. The molecule has 1 heterocycles. The molecule has 3 nitrogen and oxygen atoms in total. The Hall–Kier alpha value is 0.0700. The molecule has 1 saturated heterocycles. The highest BCUT2D eigenvalue weighted by molar-refractivity contribution is 7.84. The van der Waals surface area contributed by atoms with Gasteiger partial charge in [0, 0.05) is 35.4 Å². The summed E-state index contributed by atoms with van der Waals surface area (Å²) in [5, 5.41) is 0. The Kier molecular flexibility index (Phi) is 5.67. The minimum absolute atomic E-state index is 0.578. The van der Waals surface area contributed by atoms with Crippen molar-refractivity contribution >= 4 is 10.8 Å². The summed E-state index contributed by atoms with van der Waals surface area (Å²) in [7, 11) is -0.641. The van der Waals surface area contributed by atoms with Crippen molar-refractivity contribution < 1.29 is 4.21 Å². The van der Waals surface area contributed by atoms with E-state index in [2.05, 4.69) is 4.90 Å². The van der Waals surface area contributed by atoms with Gasteiger partial charge in [0.15, 0.2) is 0 Å². The zero-order chi connectivity index (χ0) is 10.4. The molecular formula is C10H22N2OS. The van der Waals surface area contributed by atoms with E-state index in [1.54, 1.807) is 6.26 Å². The fourth-order valence-corrected chi connectivity index (χ4v) is 2.63. The summed E-state index contributed by atoms with van der Waals surface area (Å²) in [5.41, 5.74) is 5.72. The van der Waals surface area contributed by atoms with Crippen LogP contribution in [0.25, 0.3) is 0 Å². The van der Waals surface area contributed by atoms with Gasteiger partial charge in [0.1, 0.15) is 0 Å². The van der Waals surface area contributed by atoms with Crippen LogP contribution in [0.5, 0.6) is 0 Å². The molecule has 0 aromatic heterocycles. The molecule has 0 aliphatic carbocycles. The van der Waals surface area contributed by atoms with Crippen LogP contribution in [-0.2, 0) is 10.8 Å². The molecule has 0 saturated carbocycles. The first-order valence-electron chi connectivity index (χ1n) is 5.48. The highest BCUT2D eigenvalue weighted by atomic mass is 32.2. The maximum absolute atomic E-state index is 10.9. The smallest absolute Gasteiger partial charge is 0.0244 e. The van der Waals surface area contributed by atoms with Gasteiger partial charge in [-0.1, -0.05) is 6.42 Å². The summed E-state index contributed by atoms with van der Waals surface area (Å²) >= 11 is 0. The Labute approximate surface area is 89.5 Å². The molecule has 2 N–H and O–H groups in total. The Morgan fingerprint density at radius 3 is 2.93 bits per heavy atom. The lowest BCUT2D eigenvalue weighted by molar-refractivity contribution is 0.153. The molecule has 4 heteroatoms. The molecule has 1 fully saturated rings. The largest absolute Gasteiger partial charge is 0.329 e.